The van der Waals surface area contributed by atoms with Gasteiger partial charge >= 0.3 is 0 Å². The number of amides is 1. The molecule has 1 amide bonds. The molecular formula is C14H17N3O. The quantitative estimate of drug-likeness (QED) is 0.857. The summed E-state index contributed by atoms with van der Waals surface area (Å²) in [6.07, 6.45) is 0.779. The van der Waals surface area contributed by atoms with Crippen molar-refractivity contribution in [1.29, 1.82) is 5.26 Å². The van der Waals surface area contributed by atoms with Crippen LogP contribution in [0.25, 0.3) is 0 Å². The Kier molecular flexibility index (Phi) is 3.00. The summed E-state index contributed by atoms with van der Waals surface area (Å²) in [5, 5.41) is 8.91. The molecule has 4 nitrogen and oxygen atoms in total. The molecule has 1 heterocycles. The van der Waals surface area contributed by atoms with Gasteiger partial charge in [0.1, 0.15) is 0 Å². The maximum atomic E-state index is 11.4. The Labute approximate surface area is 107 Å². The van der Waals surface area contributed by atoms with Crippen LogP contribution < -0.4 is 10.6 Å². The molecule has 1 atom stereocenters. The van der Waals surface area contributed by atoms with E-state index >= 15 is 0 Å². The molecule has 0 aromatic heterocycles. The van der Waals surface area contributed by atoms with Gasteiger partial charge in [-0.05, 0) is 44.0 Å². The van der Waals surface area contributed by atoms with Gasteiger partial charge in [-0.25, -0.2) is 0 Å². The summed E-state index contributed by atoms with van der Waals surface area (Å²) in [5.74, 6) is -0.240. The highest BCUT2D eigenvalue weighted by atomic mass is 16.1. The molecule has 0 spiro atoms. The molecule has 2 rings (SSSR count). The molecule has 0 aliphatic carbocycles. The van der Waals surface area contributed by atoms with Crippen molar-refractivity contribution >= 4 is 11.6 Å². The van der Waals surface area contributed by atoms with Gasteiger partial charge in [0.2, 0.25) is 5.91 Å². The van der Waals surface area contributed by atoms with E-state index in [4.69, 9.17) is 11.0 Å². The van der Waals surface area contributed by atoms with E-state index in [1.54, 1.807) is 0 Å². The molecule has 1 saturated heterocycles. The van der Waals surface area contributed by atoms with Crippen LogP contribution in [-0.2, 0) is 4.79 Å². The van der Waals surface area contributed by atoms with E-state index < -0.39 is 5.41 Å². The second-order valence-electron chi connectivity index (χ2n) is 5.21. The number of anilines is 1. The van der Waals surface area contributed by atoms with E-state index in [0.29, 0.717) is 12.1 Å². The fourth-order valence-corrected chi connectivity index (χ4v) is 2.35. The van der Waals surface area contributed by atoms with Crippen LogP contribution in [0.15, 0.2) is 18.2 Å². The summed E-state index contributed by atoms with van der Waals surface area (Å²) in [7, 11) is 0. The summed E-state index contributed by atoms with van der Waals surface area (Å²) in [6.45, 7) is 5.30. The smallest absolute Gasteiger partial charge is 0.225 e. The number of hydrogen-bond acceptors (Lipinski definition) is 3. The molecule has 1 unspecified atom stereocenters. The number of hydrogen-bond donors (Lipinski definition) is 1. The molecule has 0 saturated carbocycles. The van der Waals surface area contributed by atoms with E-state index in [0.717, 1.165) is 24.2 Å². The predicted octanol–water partition coefficient (Wildman–Crippen LogP) is 1.57. The highest BCUT2D eigenvalue weighted by Gasteiger charge is 2.38. The average Bonchev–Trinajstić information content (AvgIpc) is 2.73. The van der Waals surface area contributed by atoms with E-state index in [2.05, 4.69) is 11.0 Å². The number of nitriles is 1. The molecule has 0 bridgehead atoms. The lowest BCUT2D eigenvalue weighted by Gasteiger charge is -2.23. The molecule has 1 aromatic rings. The first-order valence-corrected chi connectivity index (χ1v) is 6.02. The summed E-state index contributed by atoms with van der Waals surface area (Å²) in [6, 6.07) is 7.90. The number of carbonyl (C=O) groups is 1. The predicted molar refractivity (Wildman–Crippen MR) is 70.0 cm³/mol. The molecule has 0 radical (unpaired) electrons. The highest BCUT2D eigenvalue weighted by molar-refractivity contribution is 5.82. The number of rotatable bonds is 2. The standard InChI is InChI=1S/C14H17N3O/c1-10-7-12(4-3-11(10)8-15)17-6-5-14(2,9-17)13(16)18/h3-4,7H,5-6,9H2,1-2H3,(H2,16,18). The van der Waals surface area contributed by atoms with Crippen LogP contribution in [0.3, 0.4) is 0 Å². The summed E-state index contributed by atoms with van der Waals surface area (Å²) in [4.78, 5) is 13.6. The van der Waals surface area contributed by atoms with Crippen molar-refractivity contribution in [3.05, 3.63) is 29.3 Å². The van der Waals surface area contributed by atoms with Gasteiger partial charge in [0.15, 0.2) is 0 Å². The van der Waals surface area contributed by atoms with Crippen molar-refractivity contribution in [3.63, 3.8) is 0 Å². The average molecular weight is 243 g/mol. The maximum absolute atomic E-state index is 11.4. The van der Waals surface area contributed by atoms with Crippen molar-refractivity contribution in [2.75, 3.05) is 18.0 Å². The summed E-state index contributed by atoms with van der Waals surface area (Å²) >= 11 is 0. The Bertz CT molecular complexity index is 532. The Morgan fingerprint density at radius 1 is 1.56 bits per heavy atom. The van der Waals surface area contributed by atoms with Gasteiger partial charge in [-0.1, -0.05) is 0 Å². The second kappa shape index (κ2) is 4.34. The lowest BCUT2D eigenvalue weighted by molar-refractivity contribution is -0.125. The van der Waals surface area contributed by atoms with Crippen molar-refractivity contribution in [2.45, 2.75) is 20.3 Å². The number of nitrogens with zero attached hydrogens (tertiary/aromatic N) is 2. The first kappa shape index (κ1) is 12.4. The first-order valence-electron chi connectivity index (χ1n) is 6.02. The maximum Gasteiger partial charge on any atom is 0.225 e. The van der Waals surface area contributed by atoms with Gasteiger partial charge in [0.25, 0.3) is 0 Å². The minimum absolute atomic E-state index is 0.240. The zero-order valence-corrected chi connectivity index (χ0v) is 10.7. The molecule has 94 valence electrons. The van der Waals surface area contributed by atoms with E-state index in [1.165, 1.54) is 0 Å². The minimum atomic E-state index is -0.443. The van der Waals surface area contributed by atoms with Crippen LogP contribution in [0.4, 0.5) is 5.69 Å². The molecule has 2 N–H and O–H groups in total. The van der Waals surface area contributed by atoms with Crippen LogP contribution in [0, 0.1) is 23.7 Å². The summed E-state index contributed by atoms with van der Waals surface area (Å²) < 4.78 is 0. The molecular weight excluding hydrogens is 226 g/mol. The van der Waals surface area contributed by atoms with Crippen LogP contribution in [0.5, 0.6) is 0 Å². The van der Waals surface area contributed by atoms with Crippen LogP contribution >= 0.6 is 0 Å². The lowest BCUT2D eigenvalue weighted by atomic mass is 9.89. The first-order chi connectivity index (χ1) is 8.46. The Morgan fingerprint density at radius 2 is 2.28 bits per heavy atom. The normalized spacial score (nSPS) is 22.8. The number of benzene rings is 1. The Hall–Kier alpha value is -2.02. The number of aryl methyl sites for hydroxylation is 1. The van der Waals surface area contributed by atoms with Crippen LogP contribution in [0.2, 0.25) is 0 Å². The fraction of sp³-hybridized carbons (Fsp3) is 0.429. The van der Waals surface area contributed by atoms with E-state index in [9.17, 15) is 4.79 Å². The molecule has 1 aromatic carbocycles. The third-order valence-corrected chi connectivity index (χ3v) is 3.76. The van der Waals surface area contributed by atoms with Crippen molar-refractivity contribution < 1.29 is 4.79 Å². The van der Waals surface area contributed by atoms with Crippen molar-refractivity contribution in [3.8, 4) is 6.07 Å². The van der Waals surface area contributed by atoms with Gasteiger partial charge in [-0.15, -0.1) is 0 Å². The van der Waals surface area contributed by atoms with Gasteiger partial charge in [-0.3, -0.25) is 4.79 Å². The minimum Gasteiger partial charge on any atom is -0.370 e. The zero-order chi connectivity index (χ0) is 13.3. The van der Waals surface area contributed by atoms with Crippen LogP contribution in [0.1, 0.15) is 24.5 Å². The van der Waals surface area contributed by atoms with Gasteiger partial charge in [-0.2, -0.15) is 5.26 Å². The van der Waals surface area contributed by atoms with Gasteiger partial charge in [0.05, 0.1) is 17.0 Å². The number of carbonyl (C=O) groups excluding carboxylic acids is 1. The fourth-order valence-electron chi connectivity index (χ4n) is 2.35. The topological polar surface area (TPSA) is 70.1 Å². The SMILES string of the molecule is Cc1cc(N2CCC(C)(C(N)=O)C2)ccc1C#N. The monoisotopic (exact) mass is 243 g/mol. The Balaban J connectivity index is 2.23. The molecule has 18 heavy (non-hydrogen) atoms. The van der Waals surface area contributed by atoms with Crippen molar-refractivity contribution in [1.82, 2.24) is 0 Å². The lowest BCUT2D eigenvalue weighted by Crippen LogP contribution is -2.37. The third kappa shape index (κ3) is 2.04. The summed E-state index contributed by atoms with van der Waals surface area (Å²) in [5.41, 5.74) is 7.70. The number of primary amides is 1. The van der Waals surface area contributed by atoms with Crippen molar-refractivity contribution in [2.24, 2.45) is 11.1 Å². The molecule has 1 fully saturated rings. The van der Waals surface area contributed by atoms with Gasteiger partial charge < -0.3 is 10.6 Å². The van der Waals surface area contributed by atoms with E-state index in [1.807, 2.05) is 32.0 Å². The van der Waals surface area contributed by atoms with Gasteiger partial charge in [0, 0.05) is 18.8 Å². The van der Waals surface area contributed by atoms with E-state index in [-0.39, 0.29) is 5.91 Å². The zero-order valence-electron chi connectivity index (χ0n) is 10.7. The Morgan fingerprint density at radius 3 is 2.78 bits per heavy atom. The molecule has 1 aliphatic heterocycles. The second-order valence-corrected chi connectivity index (χ2v) is 5.21. The molecule has 4 heteroatoms. The largest absolute Gasteiger partial charge is 0.370 e. The highest BCUT2D eigenvalue weighted by Crippen LogP contribution is 2.33. The third-order valence-electron chi connectivity index (χ3n) is 3.76. The molecule has 1 aliphatic rings. The number of nitrogens with two attached hydrogens (primary N) is 1. The van der Waals surface area contributed by atoms with Crippen LogP contribution in [-0.4, -0.2) is 19.0 Å².